The SMILES string of the molecule is CCN1CCCn2nc(C(=O)N(C)C)c(Cl)c2C1. The molecule has 1 amide bonds. The molecule has 6 heteroatoms. The molecule has 0 bridgehead atoms. The van der Waals surface area contributed by atoms with Crippen molar-refractivity contribution in [1.29, 1.82) is 0 Å². The van der Waals surface area contributed by atoms with Crippen LogP contribution in [0.4, 0.5) is 0 Å². The Kier molecular flexibility index (Phi) is 3.92. The van der Waals surface area contributed by atoms with Crippen LogP contribution in [0.3, 0.4) is 0 Å². The highest BCUT2D eigenvalue weighted by molar-refractivity contribution is 6.34. The van der Waals surface area contributed by atoms with Crippen LogP contribution in [0.25, 0.3) is 0 Å². The standard InChI is InChI=1S/C12H19ClN4O/c1-4-16-6-5-7-17-9(8-16)10(13)11(14-17)12(18)15(2)3/h4-8H2,1-3H3. The Hall–Kier alpha value is -1.07. The molecule has 0 fully saturated rings. The average molecular weight is 271 g/mol. The molecular weight excluding hydrogens is 252 g/mol. The molecule has 0 radical (unpaired) electrons. The third-order valence-corrected chi connectivity index (χ3v) is 3.66. The molecule has 5 nitrogen and oxygen atoms in total. The molecule has 0 aromatic carbocycles. The Morgan fingerprint density at radius 1 is 1.44 bits per heavy atom. The van der Waals surface area contributed by atoms with Crippen molar-refractivity contribution in [3.05, 3.63) is 16.4 Å². The lowest BCUT2D eigenvalue weighted by Crippen LogP contribution is -2.24. The van der Waals surface area contributed by atoms with E-state index in [4.69, 9.17) is 11.6 Å². The van der Waals surface area contributed by atoms with E-state index < -0.39 is 0 Å². The van der Waals surface area contributed by atoms with Gasteiger partial charge in [0, 0.05) is 33.7 Å². The molecule has 0 N–H and O–H groups in total. The van der Waals surface area contributed by atoms with Gasteiger partial charge in [0.25, 0.3) is 5.91 Å². The van der Waals surface area contributed by atoms with Gasteiger partial charge in [-0.05, 0) is 13.0 Å². The van der Waals surface area contributed by atoms with Gasteiger partial charge in [0.1, 0.15) is 0 Å². The largest absolute Gasteiger partial charge is 0.343 e. The number of aromatic nitrogens is 2. The maximum atomic E-state index is 12.0. The number of carbonyl (C=O) groups is 1. The van der Waals surface area contributed by atoms with E-state index in [1.165, 1.54) is 4.90 Å². The second kappa shape index (κ2) is 5.28. The van der Waals surface area contributed by atoms with Crippen molar-refractivity contribution in [1.82, 2.24) is 19.6 Å². The van der Waals surface area contributed by atoms with Crippen molar-refractivity contribution in [2.24, 2.45) is 0 Å². The highest BCUT2D eigenvalue weighted by atomic mass is 35.5. The molecular formula is C12H19ClN4O. The summed E-state index contributed by atoms with van der Waals surface area (Å²) in [6, 6.07) is 0. The van der Waals surface area contributed by atoms with Crippen molar-refractivity contribution in [3.63, 3.8) is 0 Å². The number of halogens is 1. The Bertz CT molecular complexity index is 455. The number of hydrogen-bond acceptors (Lipinski definition) is 3. The highest BCUT2D eigenvalue weighted by Gasteiger charge is 2.25. The maximum absolute atomic E-state index is 12.0. The first kappa shape index (κ1) is 13.4. The second-order valence-corrected chi connectivity index (χ2v) is 5.13. The second-order valence-electron chi connectivity index (χ2n) is 4.75. The Balaban J connectivity index is 2.36. The van der Waals surface area contributed by atoms with Crippen LogP contribution in [-0.2, 0) is 13.1 Å². The predicted molar refractivity (Wildman–Crippen MR) is 70.8 cm³/mol. The zero-order chi connectivity index (χ0) is 13.3. The molecule has 1 aliphatic heterocycles. The van der Waals surface area contributed by atoms with Gasteiger partial charge in [-0.15, -0.1) is 0 Å². The minimum absolute atomic E-state index is 0.136. The molecule has 0 saturated carbocycles. The molecule has 2 heterocycles. The summed E-state index contributed by atoms with van der Waals surface area (Å²) in [6.07, 6.45) is 1.04. The third-order valence-electron chi connectivity index (χ3n) is 3.27. The average Bonchev–Trinajstić information content (AvgIpc) is 2.53. The Morgan fingerprint density at radius 3 is 2.78 bits per heavy atom. The minimum atomic E-state index is -0.136. The number of rotatable bonds is 2. The molecule has 100 valence electrons. The normalized spacial score (nSPS) is 16.2. The van der Waals surface area contributed by atoms with Gasteiger partial charge in [-0.2, -0.15) is 5.10 Å². The summed E-state index contributed by atoms with van der Waals surface area (Å²) in [5.74, 6) is -0.136. The summed E-state index contributed by atoms with van der Waals surface area (Å²) in [4.78, 5) is 15.8. The first-order chi connectivity index (χ1) is 8.54. The van der Waals surface area contributed by atoms with Gasteiger partial charge in [0.05, 0.1) is 10.7 Å². The molecule has 0 spiro atoms. The molecule has 18 heavy (non-hydrogen) atoms. The van der Waals surface area contributed by atoms with Crippen molar-refractivity contribution >= 4 is 17.5 Å². The monoisotopic (exact) mass is 270 g/mol. The summed E-state index contributed by atoms with van der Waals surface area (Å²) in [5, 5.41) is 4.88. The van der Waals surface area contributed by atoms with Gasteiger partial charge in [-0.3, -0.25) is 14.4 Å². The fourth-order valence-corrected chi connectivity index (χ4v) is 2.44. The van der Waals surface area contributed by atoms with Crippen LogP contribution in [0, 0.1) is 0 Å². The summed E-state index contributed by atoms with van der Waals surface area (Å²) in [7, 11) is 3.42. The van der Waals surface area contributed by atoms with Gasteiger partial charge in [-0.1, -0.05) is 18.5 Å². The number of aryl methyl sites for hydroxylation is 1. The quantitative estimate of drug-likeness (QED) is 0.817. The van der Waals surface area contributed by atoms with Crippen LogP contribution < -0.4 is 0 Å². The van der Waals surface area contributed by atoms with Crippen LogP contribution in [0.15, 0.2) is 0 Å². The molecule has 0 atom stereocenters. The Morgan fingerprint density at radius 2 is 2.17 bits per heavy atom. The summed E-state index contributed by atoms with van der Waals surface area (Å²) >= 11 is 6.32. The van der Waals surface area contributed by atoms with Crippen LogP contribution in [0.1, 0.15) is 29.5 Å². The molecule has 2 rings (SSSR count). The minimum Gasteiger partial charge on any atom is -0.343 e. The highest BCUT2D eigenvalue weighted by Crippen LogP contribution is 2.25. The zero-order valence-electron chi connectivity index (χ0n) is 11.1. The number of carbonyl (C=O) groups excluding carboxylic acids is 1. The van der Waals surface area contributed by atoms with E-state index in [0.717, 1.165) is 38.3 Å². The van der Waals surface area contributed by atoms with E-state index in [2.05, 4.69) is 16.9 Å². The number of fused-ring (bicyclic) bond motifs is 1. The first-order valence-corrected chi connectivity index (χ1v) is 6.61. The van der Waals surface area contributed by atoms with E-state index in [1.54, 1.807) is 14.1 Å². The predicted octanol–water partition coefficient (Wildman–Crippen LogP) is 1.46. The lowest BCUT2D eigenvalue weighted by Gasteiger charge is -2.16. The number of hydrogen-bond donors (Lipinski definition) is 0. The van der Waals surface area contributed by atoms with Crippen LogP contribution in [0.5, 0.6) is 0 Å². The van der Waals surface area contributed by atoms with Crippen molar-refractivity contribution in [3.8, 4) is 0 Å². The van der Waals surface area contributed by atoms with Crippen LogP contribution in [0.2, 0.25) is 5.02 Å². The lowest BCUT2D eigenvalue weighted by molar-refractivity contribution is 0.0821. The fourth-order valence-electron chi connectivity index (χ4n) is 2.16. The summed E-state index contributed by atoms with van der Waals surface area (Å²) in [5.41, 5.74) is 1.33. The van der Waals surface area contributed by atoms with Gasteiger partial charge in [-0.25, -0.2) is 0 Å². The fraction of sp³-hybridized carbons (Fsp3) is 0.667. The van der Waals surface area contributed by atoms with Gasteiger partial charge in [0.15, 0.2) is 5.69 Å². The summed E-state index contributed by atoms with van der Waals surface area (Å²) < 4.78 is 1.88. The smallest absolute Gasteiger partial charge is 0.275 e. The van der Waals surface area contributed by atoms with Crippen LogP contribution >= 0.6 is 11.6 Å². The van der Waals surface area contributed by atoms with Crippen molar-refractivity contribution < 1.29 is 4.79 Å². The van der Waals surface area contributed by atoms with Crippen molar-refractivity contribution in [2.45, 2.75) is 26.4 Å². The van der Waals surface area contributed by atoms with E-state index in [1.807, 2.05) is 4.68 Å². The van der Waals surface area contributed by atoms with Gasteiger partial charge >= 0.3 is 0 Å². The molecule has 1 aromatic heterocycles. The van der Waals surface area contributed by atoms with Crippen molar-refractivity contribution in [2.75, 3.05) is 27.2 Å². The molecule has 0 aliphatic carbocycles. The number of nitrogens with zero attached hydrogens (tertiary/aromatic N) is 4. The molecule has 1 aliphatic rings. The van der Waals surface area contributed by atoms with Crippen LogP contribution in [-0.4, -0.2) is 52.7 Å². The zero-order valence-corrected chi connectivity index (χ0v) is 11.9. The van der Waals surface area contributed by atoms with Gasteiger partial charge in [0.2, 0.25) is 0 Å². The van der Waals surface area contributed by atoms with E-state index >= 15 is 0 Å². The lowest BCUT2D eigenvalue weighted by atomic mass is 10.3. The first-order valence-electron chi connectivity index (χ1n) is 6.23. The van der Waals surface area contributed by atoms with Gasteiger partial charge < -0.3 is 4.90 Å². The maximum Gasteiger partial charge on any atom is 0.275 e. The summed E-state index contributed by atoms with van der Waals surface area (Å²) in [6.45, 7) is 5.76. The Labute approximate surface area is 112 Å². The molecule has 0 unspecified atom stereocenters. The number of amides is 1. The third kappa shape index (κ3) is 2.37. The molecule has 1 aromatic rings. The van der Waals surface area contributed by atoms with E-state index in [9.17, 15) is 4.79 Å². The van der Waals surface area contributed by atoms with E-state index in [-0.39, 0.29) is 5.91 Å². The molecule has 0 saturated heterocycles. The van der Waals surface area contributed by atoms with E-state index in [0.29, 0.717) is 10.7 Å². The topological polar surface area (TPSA) is 41.4 Å².